The summed E-state index contributed by atoms with van der Waals surface area (Å²) in [7, 11) is 0. The fraction of sp³-hybridized carbons (Fsp3) is 0.500. The Kier molecular flexibility index (Phi) is 5.44. The van der Waals surface area contributed by atoms with Crippen molar-refractivity contribution in [2.45, 2.75) is 33.6 Å². The number of benzene rings is 1. The zero-order chi connectivity index (χ0) is 12.8. The number of ether oxygens (including phenoxy) is 1. The fourth-order valence-electron chi connectivity index (χ4n) is 1.48. The number of hydrogen-bond acceptors (Lipinski definition) is 2. The first-order valence-corrected chi connectivity index (χ1v) is 6.77. The van der Waals surface area contributed by atoms with Crippen molar-refractivity contribution in [3.8, 4) is 5.75 Å². The van der Waals surface area contributed by atoms with Gasteiger partial charge in [-0.2, -0.15) is 0 Å². The Balaban J connectivity index is 2.82. The second-order valence-corrected chi connectivity index (χ2v) is 4.62. The summed E-state index contributed by atoms with van der Waals surface area (Å²) in [5.41, 5.74) is 2.59. The molecular weight excluding hydrogens is 238 g/mol. The lowest BCUT2D eigenvalue weighted by atomic mass is 10.1. The summed E-state index contributed by atoms with van der Waals surface area (Å²) in [5, 5.41) is 0. The zero-order valence-corrected chi connectivity index (χ0v) is 11.3. The van der Waals surface area contributed by atoms with E-state index in [4.69, 9.17) is 9.29 Å². The van der Waals surface area contributed by atoms with Gasteiger partial charge in [-0.25, -0.2) is 4.21 Å². The van der Waals surface area contributed by atoms with Crippen molar-refractivity contribution in [2.24, 2.45) is 0 Å². The molecule has 0 aliphatic rings. The molecule has 0 amide bonds. The summed E-state index contributed by atoms with van der Waals surface area (Å²) in [6.07, 6.45) is 2.13. The lowest BCUT2D eigenvalue weighted by molar-refractivity contribution is 0.307. The third kappa shape index (κ3) is 4.02. The SMILES string of the molecule is CCCCOc1ccc(NS(=O)O)c(C)c1C. The third-order valence-corrected chi connectivity index (χ3v) is 3.08. The van der Waals surface area contributed by atoms with Crippen LogP contribution < -0.4 is 9.46 Å². The van der Waals surface area contributed by atoms with Crippen LogP contribution in [0, 0.1) is 13.8 Å². The van der Waals surface area contributed by atoms with Gasteiger partial charge in [0.15, 0.2) is 0 Å². The minimum atomic E-state index is -2.04. The van der Waals surface area contributed by atoms with Crippen molar-refractivity contribution in [1.29, 1.82) is 0 Å². The summed E-state index contributed by atoms with van der Waals surface area (Å²) in [5.74, 6) is 0.838. The Morgan fingerprint density at radius 2 is 2.06 bits per heavy atom. The normalized spacial score (nSPS) is 12.2. The zero-order valence-electron chi connectivity index (χ0n) is 10.4. The van der Waals surface area contributed by atoms with Crippen LogP contribution in [0.15, 0.2) is 12.1 Å². The van der Waals surface area contributed by atoms with Gasteiger partial charge in [-0.3, -0.25) is 9.27 Å². The van der Waals surface area contributed by atoms with Crippen molar-refractivity contribution >= 4 is 17.0 Å². The van der Waals surface area contributed by atoms with Gasteiger partial charge in [-0.15, -0.1) is 0 Å². The van der Waals surface area contributed by atoms with E-state index in [0.29, 0.717) is 12.3 Å². The molecule has 1 aromatic rings. The molecule has 0 saturated carbocycles. The highest BCUT2D eigenvalue weighted by Gasteiger charge is 2.08. The van der Waals surface area contributed by atoms with E-state index in [1.54, 1.807) is 6.07 Å². The van der Waals surface area contributed by atoms with E-state index in [9.17, 15) is 4.21 Å². The van der Waals surface area contributed by atoms with Gasteiger partial charge >= 0.3 is 0 Å². The molecule has 1 atom stereocenters. The summed E-state index contributed by atoms with van der Waals surface area (Å²) in [6, 6.07) is 3.59. The van der Waals surface area contributed by atoms with Gasteiger partial charge in [0.25, 0.3) is 11.3 Å². The summed E-state index contributed by atoms with van der Waals surface area (Å²) < 4.78 is 27.6. The van der Waals surface area contributed by atoms with Crippen molar-refractivity contribution in [3.63, 3.8) is 0 Å². The minimum Gasteiger partial charge on any atom is -0.493 e. The molecule has 0 heterocycles. The smallest absolute Gasteiger partial charge is 0.259 e. The van der Waals surface area contributed by atoms with Crippen LogP contribution in [0.2, 0.25) is 0 Å². The molecule has 0 radical (unpaired) electrons. The number of anilines is 1. The predicted octanol–water partition coefficient (Wildman–Crippen LogP) is 3.03. The van der Waals surface area contributed by atoms with Crippen LogP contribution in [0.25, 0.3) is 0 Å². The lowest BCUT2D eigenvalue weighted by Gasteiger charge is -2.14. The second kappa shape index (κ2) is 6.61. The standard InChI is InChI=1S/C12H19NO3S/c1-4-5-8-16-12-7-6-11(13-17(14)15)9(2)10(12)3/h6-7,13H,4-5,8H2,1-3H3,(H,14,15). The van der Waals surface area contributed by atoms with E-state index in [1.165, 1.54) is 0 Å². The molecule has 0 aliphatic carbocycles. The molecule has 1 rings (SSSR count). The maximum Gasteiger partial charge on any atom is 0.259 e. The van der Waals surface area contributed by atoms with Crippen molar-refractivity contribution in [3.05, 3.63) is 23.3 Å². The predicted molar refractivity (Wildman–Crippen MR) is 70.7 cm³/mol. The largest absolute Gasteiger partial charge is 0.493 e. The topological polar surface area (TPSA) is 58.6 Å². The minimum absolute atomic E-state index is 0.658. The average Bonchev–Trinajstić information content (AvgIpc) is 2.28. The van der Waals surface area contributed by atoms with Crippen LogP contribution in [0.5, 0.6) is 5.75 Å². The number of unbranched alkanes of at least 4 members (excludes halogenated alkanes) is 1. The van der Waals surface area contributed by atoms with Gasteiger partial charge in [-0.05, 0) is 43.5 Å². The Morgan fingerprint density at radius 1 is 1.35 bits per heavy atom. The molecule has 5 heteroatoms. The molecule has 0 aliphatic heterocycles. The Hall–Kier alpha value is -1.07. The van der Waals surface area contributed by atoms with E-state index < -0.39 is 11.3 Å². The molecule has 4 nitrogen and oxygen atoms in total. The van der Waals surface area contributed by atoms with E-state index in [-0.39, 0.29) is 0 Å². The lowest BCUT2D eigenvalue weighted by Crippen LogP contribution is -2.05. The highest BCUT2D eigenvalue weighted by molar-refractivity contribution is 7.80. The molecule has 0 aromatic heterocycles. The van der Waals surface area contributed by atoms with Gasteiger partial charge < -0.3 is 4.74 Å². The van der Waals surface area contributed by atoms with Crippen LogP contribution in [0.3, 0.4) is 0 Å². The number of rotatable bonds is 6. The second-order valence-electron chi connectivity index (χ2n) is 3.91. The first-order valence-electron chi connectivity index (χ1n) is 5.66. The quantitative estimate of drug-likeness (QED) is 0.608. The molecule has 96 valence electrons. The monoisotopic (exact) mass is 257 g/mol. The fourth-order valence-corrected chi connectivity index (χ4v) is 1.89. The molecule has 17 heavy (non-hydrogen) atoms. The molecule has 0 bridgehead atoms. The van der Waals surface area contributed by atoms with Gasteiger partial charge in [0, 0.05) is 0 Å². The van der Waals surface area contributed by atoms with E-state index >= 15 is 0 Å². The van der Waals surface area contributed by atoms with Crippen molar-refractivity contribution in [1.82, 2.24) is 0 Å². The maximum atomic E-state index is 10.7. The highest BCUT2D eigenvalue weighted by atomic mass is 32.2. The van der Waals surface area contributed by atoms with E-state index in [0.717, 1.165) is 29.7 Å². The van der Waals surface area contributed by atoms with Gasteiger partial charge in [0.2, 0.25) is 0 Å². The Bertz CT molecular complexity index is 407. The Morgan fingerprint density at radius 3 is 2.65 bits per heavy atom. The van der Waals surface area contributed by atoms with Crippen molar-refractivity contribution < 1.29 is 13.5 Å². The molecule has 0 saturated heterocycles. The number of nitrogens with one attached hydrogen (secondary N) is 1. The summed E-state index contributed by atoms with van der Waals surface area (Å²) >= 11 is -2.04. The van der Waals surface area contributed by atoms with E-state index in [2.05, 4.69) is 11.6 Å². The molecule has 0 fully saturated rings. The van der Waals surface area contributed by atoms with Crippen LogP contribution >= 0.6 is 0 Å². The van der Waals surface area contributed by atoms with Crippen LogP contribution in [-0.4, -0.2) is 15.4 Å². The van der Waals surface area contributed by atoms with Gasteiger partial charge in [0.05, 0.1) is 12.3 Å². The summed E-state index contributed by atoms with van der Waals surface area (Å²) in [4.78, 5) is 0. The molecular formula is C12H19NO3S. The number of hydrogen-bond donors (Lipinski definition) is 2. The molecule has 0 spiro atoms. The van der Waals surface area contributed by atoms with Crippen LogP contribution in [-0.2, 0) is 11.3 Å². The van der Waals surface area contributed by atoms with Gasteiger partial charge in [-0.1, -0.05) is 13.3 Å². The van der Waals surface area contributed by atoms with Crippen LogP contribution in [0.1, 0.15) is 30.9 Å². The molecule has 2 N–H and O–H groups in total. The highest BCUT2D eigenvalue weighted by Crippen LogP contribution is 2.27. The van der Waals surface area contributed by atoms with Gasteiger partial charge in [0.1, 0.15) is 5.75 Å². The van der Waals surface area contributed by atoms with Crippen molar-refractivity contribution in [2.75, 3.05) is 11.3 Å². The Labute approximate surface area is 105 Å². The van der Waals surface area contributed by atoms with E-state index in [1.807, 2.05) is 19.9 Å². The molecule has 1 aromatic carbocycles. The summed E-state index contributed by atoms with van der Waals surface area (Å²) in [6.45, 7) is 6.67. The first kappa shape index (κ1) is 14.0. The first-order chi connectivity index (χ1) is 8.06. The third-order valence-electron chi connectivity index (χ3n) is 2.69. The maximum absolute atomic E-state index is 10.7. The van der Waals surface area contributed by atoms with Crippen LogP contribution in [0.4, 0.5) is 5.69 Å². The molecule has 1 unspecified atom stereocenters. The average molecular weight is 257 g/mol.